The number of aromatic nitrogens is 4. The van der Waals surface area contributed by atoms with Crippen LogP contribution in [0.25, 0.3) is 99.9 Å². The number of benzene rings is 11. The van der Waals surface area contributed by atoms with Crippen molar-refractivity contribution in [2.75, 3.05) is 0 Å². The van der Waals surface area contributed by atoms with Crippen LogP contribution in [0.1, 0.15) is 5.56 Å². The average Bonchev–Trinajstić information content (AvgIpc) is 3.91. The molecule has 0 amide bonds. The lowest BCUT2D eigenvalue weighted by Gasteiger charge is -2.34. The van der Waals surface area contributed by atoms with Gasteiger partial charge >= 0.3 is 0 Å². The summed E-state index contributed by atoms with van der Waals surface area (Å²) in [5, 5.41) is 17.5. The van der Waals surface area contributed by atoms with Crippen molar-refractivity contribution in [3.63, 3.8) is 0 Å². The van der Waals surface area contributed by atoms with Crippen molar-refractivity contribution in [3.05, 3.63) is 296 Å². The summed E-state index contributed by atoms with van der Waals surface area (Å²) in [4.78, 5) is 19.7. The molecule has 0 spiro atoms. The Labute approximate surface area is 454 Å². The topological polar surface area (TPSA) is 71.8 Å². The maximum atomic E-state index is 10.3. The number of nitrogens with zero attached hydrogens (tertiary/aromatic N) is 6. The number of hydrogen-bond donors (Lipinski definition) is 0. The summed E-state index contributed by atoms with van der Waals surface area (Å²) in [6.45, 7) is 8.11. The van der Waals surface area contributed by atoms with Crippen LogP contribution in [0, 0.1) is 17.9 Å². The standard InChI is InChI=1S/C71H46N6Si/c1-73-66-37-20-19-36-61(66)53-39-42-63-62-41-38-52(60-35-18-17-26-54(60)48-72)45-67(62)77(68(63)46-53)55-40-43-64(71-75-69(49-22-7-2-8-23-49)74-70(76-71)50-24-9-3-10-25-50)65(47-55)51-27-21-34-59(44-51)78(56-28-11-4-12-29-56,57-30-13-5-14-31-57)58-32-15-6-16-33-58/h2-47H. The molecular weight excluding hydrogens is 965 g/mol. The molecule has 2 heterocycles. The summed E-state index contributed by atoms with van der Waals surface area (Å²) in [6, 6.07) is 100.0. The zero-order valence-corrected chi connectivity index (χ0v) is 43.2. The molecule has 13 rings (SSSR count). The van der Waals surface area contributed by atoms with Crippen LogP contribution in [-0.2, 0) is 0 Å². The average molecular weight is 1010 g/mol. The van der Waals surface area contributed by atoms with Gasteiger partial charge in [0, 0.05) is 33.2 Å². The number of fused-ring (bicyclic) bond motifs is 3. The van der Waals surface area contributed by atoms with Gasteiger partial charge in [-0.15, -0.1) is 0 Å². The fourth-order valence-electron chi connectivity index (χ4n) is 11.3. The van der Waals surface area contributed by atoms with Crippen LogP contribution >= 0.6 is 0 Å². The van der Waals surface area contributed by atoms with E-state index < -0.39 is 8.07 Å². The minimum Gasteiger partial charge on any atom is -0.309 e. The van der Waals surface area contributed by atoms with Gasteiger partial charge in [0.25, 0.3) is 0 Å². The van der Waals surface area contributed by atoms with Gasteiger partial charge in [0.05, 0.1) is 29.2 Å². The quantitative estimate of drug-likeness (QED) is 0.0735. The Bertz CT molecular complexity index is 4180. The molecule has 7 heteroatoms. The third-order valence-corrected chi connectivity index (χ3v) is 19.7. The van der Waals surface area contributed by atoms with Crippen molar-refractivity contribution in [2.45, 2.75) is 0 Å². The third-order valence-electron chi connectivity index (χ3n) is 14.9. The van der Waals surface area contributed by atoms with Gasteiger partial charge < -0.3 is 4.57 Å². The molecule has 0 saturated heterocycles. The van der Waals surface area contributed by atoms with E-state index in [0.717, 1.165) is 77.6 Å². The number of nitriles is 1. The van der Waals surface area contributed by atoms with Gasteiger partial charge in [-0.25, -0.2) is 19.8 Å². The molecule has 2 aromatic heterocycles. The molecule has 0 unspecified atom stereocenters. The normalized spacial score (nSPS) is 11.3. The number of hydrogen-bond acceptors (Lipinski definition) is 4. The Morgan fingerprint density at radius 2 is 0.808 bits per heavy atom. The van der Waals surface area contributed by atoms with Crippen molar-refractivity contribution in [2.24, 2.45) is 0 Å². The summed E-state index contributed by atoms with van der Waals surface area (Å²) in [7, 11) is -2.99. The SMILES string of the molecule is [C-]#[N+]c1ccccc1-c1ccc2c3ccc(-c4ccccc4C#N)cc3n(-c3ccc(-c4nc(-c5ccccc5)nc(-c5ccccc5)n4)c(-c4cccc([Si](c5ccccc5)(c5ccccc5)c5ccccc5)c4)c3)c2c1. The maximum absolute atomic E-state index is 10.3. The van der Waals surface area contributed by atoms with Gasteiger partial charge in [-0.3, -0.25) is 0 Å². The van der Waals surface area contributed by atoms with Crippen LogP contribution in [0.5, 0.6) is 0 Å². The molecule has 6 nitrogen and oxygen atoms in total. The Hall–Kier alpha value is -10.6. The number of rotatable bonds is 11. The molecule has 0 saturated carbocycles. The van der Waals surface area contributed by atoms with E-state index in [0.29, 0.717) is 28.7 Å². The minimum atomic E-state index is -2.99. The van der Waals surface area contributed by atoms with E-state index in [2.05, 4.69) is 185 Å². The summed E-state index contributed by atoms with van der Waals surface area (Å²) >= 11 is 0. The molecule has 0 aliphatic rings. The van der Waals surface area contributed by atoms with Crippen molar-refractivity contribution in [3.8, 4) is 79.3 Å². The van der Waals surface area contributed by atoms with E-state index in [1.165, 1.54) is 20.7 Å². The molecule has 0 aliphatic heterocycles. The van der Waals surface area contributed by atoms with Gasteiger partial charge in [-0.2, -0.15) is 5.26 Å². The highest BCUT2D eigenvalue weighted by molar-refractivity contribution is 7.19. The minimum absolute atomic E-state index is 0.544. The highest BCUT2D eigenvalue weighted by atomic mass is 28.3. The van der Waals surface area contributed by atoms with E-state index in [1.54, 1.807) is 0 Å². The number of para-hydroxylation sites is 1. The van der Waals surface area contributed by atoms with Gasteiger partial charge in [0.15, 0.2) is 31.2 Å². The molecule has 0 aliphatic carbocycles. The van der Waals surface area contributed by atoms with E-state index in [1.807, 2.05) is 109 Å². The summed E-state index contributed by atoms with van der Waals surface area (Å²) < 4.78 is 2.33. The van der Waals surface area contributed by atoms with Crippen LogP contribution < -0.4 is 20.7 Å². The fourth-order valence-corrected chi connectivity index (χ4v) is 16.1. The lowest BCUT2D eigenvalue weighted by atomic mass is 9.97. The highest BCUT2D eigenvalue weighted by Crippen LogP contribution is 2.41. The predicted molar refractivity (Wildman–Crippen MR) is 321 cm³/mol. The first-order valence-electron chi connectivity index (χ1n) is 25.9. The van der Waals surface area contributed by atoms with Crippen LogP contribution in [0.3, 0.4) is 0 Å². The van der Waals surface area contributed by atoms with Gasteiger partial charge in [-0.05, 0) is 90.5 Å². The Morgan fingerprint density at radius 3 is 1.36 bits per heavy atom. The van der Waals surface area contributed by atoms with E-state index in [9.17, 15) is 5.26 Å². The van der Waals surface area contributed by atoms with Crippen molar-refractivity contribution in [1.82, 2.24) is 19.5 Å². The van der Waals surface area contributed by atoms with Gasteiger partial charge in [-0.1, -0.05) is 243 Å². The first kappa shape index (κ1) is 47.2. The largest absolute Gasteiger partial charge is 0.309 e. The van der Waals surface area contributed by atoms with Crippen LogP contribution in [-0.4, -0.2) is 27.6 Å². The zero-order valence-electron chi connectivity index (χ0n) is 42.2. The van der Waals surface area contributed by atoms with Crippen LogP contribution in [0.4, 0.5) is 5.69 Å². The Balaban J connectivity index is 1.12. The molecule has 0 fully saturated rings. The molecule has 0 bridgehead atoms. The molecular formula is C71H46N6Si. The highest BCUT2D eigenvalue weighted by Gasteiger charge is 2.41. The van der Waals surface area contributed by atoms with Gasteiger partial charge in [0.2, 0.25) is 0 Å². The summed E-state index contributed by atoms with van der Waals surface area (Å²) in [5.74, 6) is 1.70. The molecule has 78 heavy (non-hydrogen) atoms. The second-order valence-electron chi connectivity index (χ2n) is 19.3. The van der Waals surface area contributed by atoms with E-state index in [-0.39, 0.29) is 0 Å². The molecule has 13 aromatic rings. The summed E-state index contributed by atoms with van der Waals surface area (Å²) in [6.07, 6.45) is 0. The van der Waals surface area contributed by atoms with E-state index in [4.69, 9.17) is 21.5 Å². The lowest BCUT2D eigenvalue weighted by molar-refractivity contribution is 1.07. The predicted octanol–water partition coefficient (Wildman–Crippen LogP) is 14.8. The second kappa shape index (κ2) is 20.3. The first-order valence-corrected chi connectivity index (χ1v) is 27.9. The van der Waals surface area contributed by atoms with Crippen LogP contribution in [0.15, 0.2) is 279 Å². The third kappa shape index (κ3) is 8.34. The molecule has 0 radical (unpaired) electrons. The molecule has 11 aromatic carbocycles. The molecule has 0 N–H and O–H groups in total. The zero-order chi connectivity index (χ0) is 52.4. The van der Waals surface area contributed by atoms with E-state index >= 15 is 0 Å². The van der Waals surface area contributed by atoms with Crippen molar-refractivity contribution < 1.29 is 0 Å². The smallest absolute Gasteiger partial charge is 0.194 e. The molecule has 0 atom stereocenters. The Morgan fingerprint density at radius 1 is 0.359 bits per heavy atom. The lowest BCUT2D eigenvalue weighted by Crippen LogP contribution is -2.74. The maximum Gasteiger partial charge on any atom is 0.194 e. The van der Waals surface area contributed by atoms with Crippen molar-refractivity contribution >= 4 is 56.3 Å². The monoisotopic (exact) mass is 1010 g/mol. The second-order valence-corrected chi connectivity index (χ2v) is 23.1. The summed E-state index contributed by atoms with van der Waals surface area (Å²) in [5.41, 5.74) is 12.2. The molecule has 364 valence electrons. The fraction of sp³-hybridized carbons (Fsp3) is 0. The Kier molecular flexibility index (Phi) is 12.3. The van der Waals surface area contributed by atoms with Crippen molar-refractivity contribution in [1.29, 1.82) is 5.26 Å². The first-order chi connectivity index (χ1) is 38.6. The van der Waals surface area contributed by atoms with Crippen LogP contribution in [0.2, 0.25) is 0 Å². The van der Waals surface area contributed by atoms with Gasteiger partial charge in [0.1, 0.15) is 0 Å².